The monoisotopic (exact) mass is 347 g/mol. The lowest BCUT2D eigenvalue weighted by Crippen LogP contribution is -2.33. The summed E-state index contributed by atoms with van der Waals surface area (Å²) in [6, 6.07) is 5.78. The first-order valence-corrected chi connectivity index (χ1v) is 8.83. The van der Waals surface area contributed by atoms with Crippen LogP contribution in [0.4, 0.5) is 14.5 Å². The van der Waals surface area contributed by atoms with E-state index in [2.05, 4.69) is 0 Å². The zero-order chi connectivity index (χ0) is 16.3. The third-order valence-corrected chi connectivity index (χ3v) is 6.52. The maximum Gasteiger partial charge on any atom is 0.274 e. The van der Waals surface area contributed by atoms with E-state index in [1.807, 2.05) is 6.92 Å². The Morgan fingerprint density at radius 3 is 2.50 bits per heavy atom. The Kier molecular flexibility index (Phi) is 5.15. The molecule has 0 amide bonds. The van der Waals surface area contributed by atoms with Gasteiger partial charge in [0.15, 0.2) is 0 Å². The van der Waals surface area contributed by atoms with Crippen molar-refractivity contribution in [2.45, 2.75) is 17.6 Å². The van der Waals surface area contributed by atoms with Crippen molar-refractivity contribution in [1.82, 2.24) is 0 Å². The molecular weight excluding hydrogens is 332 g/mol. The molecule has 0 atom stereocenters. The summed E-state index contributed by atoms with van der Waals surface area (Å²) >= 11 is 1.09. The fourth-order valence-corrected chi connectivity index (χ4v) is 4.81. The molecule has 22 heavy (non-hydrogen) atoms. The second kappa shape index (κ2) is 6.72. The van der Waals surface area contributed by atoms with Gasteiger partial charge in [0.1, 0.15) is 15.8 Å². The van der Waals surface area contributed by atoms with E-state index in [1.54, 1.807) is 6.07 Å². The highest BCUT2D eigenvalue weighted by molar-refractivity contribution is 7.94. The number of benzene rings is 1. The number of hydrogen-bond donors (Lipinski definition) is 1. The number of nitrogens with zero attached hydrogens (tertiary/aromatic N) is 1. The average Bonchev–Trinajstić information content (AvgIpc) is 2.95. The standard InChI is InChI=1S/C14H15F2NO3S2/c1-2-11-4-6-14(21-11)22(19,20)17(7-8-18)13-5-3-10(15)9-12(13)16/h3-6,9,18H,2,7-8H2,1H3. The number of aryl methyl sites for hydroxylation is 1. The van der Waals surface area contributed by atoms with Gasteiger partial charge in [-0.25, -0.2) is 17.2 Å². The van der Waals surface area contributed by atoms with Crippen LogP contribution in [-0.4, -0.2) is 26.7 Å². The van der Waals surface area contributed by atoms with Crippen LogP contribution >= 0.6 is 11.3 Å². The summed E-state index contributed by atoms with van der Waals surface area (Å²) in [5.74, 6) is -1.80. The van der Waals surface area contributed by atoms with Gasteiger partial charge in [-0.2, -0.15) is 0 Å². The van der Waals surface area contributed by atoms with Crippen LogP contribution in [-0.2, 0) is 16.4 Å². The van der Waals surface area contributed by atoms with Gasteiger partial charge >= 0.3 is 0 Å². The van der Waals surface area contributed by atoms with Gasteiger partial charge in [0.2, 0.25) is 0 Å². The normalized spacial score (nSPS) is 11.6. The van der Waals surface area contributed by atoms with Gasteiger partial charge in [-0.15, -0.1) is 11.3 Å². The summed E-state index contributed by atoms with van der Waals surface area (Å²) in [4.78, 5) is 0.877. The van der Waals surface area contributed by atoms with Crippen LogP contribution in [0.25, 0.3) is 0 Å². The van der Waals surface area contributed by atoms with Crippen molar-refractivity contribution in [3.8, 4) is 0 Å². The molecule has 0 spiro atoms. The maximum absolute atomic E-state index is 13.9. The number of aliphatic hydroxyl groups excluding tert-OH is 1. The molecule has 0 saturated carbocycles. The zero-order valence-corrected chi connectivity index (χ0v) is 13.4. The molecule has 1 aromatic heterocycles. The average molecular weight is 347 g/mol. The summed E-state index contributed by atoms with van der Waals surface area (Å²) in [7, 11) is -4.01. The number of halogens is 2. The van der Waals surface area contributed by atoms with Crippen molar-refractivity contribution in [1.29, 1.82) is 0 Å². The summed E-state index contributed by atoms with van der Waals surface area (Å²) in [6.07, 6.45) is 0.686. The van der Waals surface area contributed by atoms with E-state index < -0.39 is 28.3 Å². The van der Waals surface area contributed by atoms with Gasteiger partial charge in [0.25, 0.3) is 10.0 Å². The Morgan fingerprint density at radius 2 is 1.95 bits per heavy atom. The Balaban J connectivity index is 2.50. The van der Waals surface area contributed by atoms with E-state index >= 15 is 0 Å². The van der Waals surface area contributed by atoms with Gasteiger partial charge in [-0.1, -0.05) is 6.92 Å². The summed E-state index contributed by atoms with van der Waals surface area (Å²) in [5.41, 5.74) is -0.290. The van der Waals surface area contributed by atoms with Crippen LogP contribution in [0.1, 0.15) is 11.8 Å². The number of sulfonamides is 1. The minimum atomic E-state index is -4.01. The van der Waals surface area contributed by atoms with Gasteiger partial charge in [0.05, 0.1) is 18.8 Å². The lowest BCUT2D eigenvalue weighted by molar-refractivity contribution is 0.306. The van der Waals surface area contributed by atoms with Crippen LogP contribution in [0.5, 0.6) is 0 Å². The molecule has 0 aliphatic heterocycles. The zero-order valence-electron chi connectivity index (χ0n) is 11.8. The molecule has 0 bridgehead atoms. The predicted octanol–water partition coefficient (Wildman–Crippen LogP) is 2.78. The second-order valence-corrected chi connectivity index (χ2v) is 7.73. The number of hydrogen-bond acceptors (Lipinski definition) is 4. The van der Waals surface area contributed by atoms with Gasteiger partial charge < -0.3 is 5.11 Å². The molecule has 1 aromatic carbocycles. The van der Waals surface area contributed by atoms with Gasteiger partial charge in [-0.3, -0.25) is 4.31 Å². The van der Waals surface area contributed by atoms with Crippen LogP contribution in [0, 0.1) is 11.6 Å². The molecule has 0 fully saturated rings. The summed E-state index contributed by atoms with van der Waals surface area (Å²) in [5, 5.41) is 9.11. The Labute approximate surface area is 131 Å². The number of thiophene rings is 1. The third-order valence-electron chi connectivity index (χ3n) is 3.01. The topological polar surface area (TPSA) is 57.6 Å². The van der Waals surface area contributed by atoms with Gasteiger partial charge in [-0.05, 0) is 30.7 Å². The lowest BCUT2D eigenvalue weighted by atomic mass is 10.3. The molecule has 0 radical (unpaired) electrons. The van der Waals surface area contributed by atoms with E-state index in [9.17, 15) is 17.2 Å². The maximum atomic E-state index is 13.9. The number of rotatable bonds is 6. The van der Waals surface area contributed by atoms with Crippen LogP contribution in [0.3, 0.4) is 0 Å². The van der Waals surface area contributed by atoms with E-state index in [-0.39, 0.29) is 16.4 Å². The molecule has 0 aliphatic carbocycles. The number of anilines is 1. The first-order chi connectivity index (χ1) is 10.4. The minimum Gasteiger partial charge on any atom is -0.394 e. The first kappa shape index (κ1) is 16.9. The smallest absolute Gasteiger partial charge is 0.274 e. The van der Waals surface area contributed by atoms with Crippen molar-refractivity contribution in [3.63, 3.8) is 0 Å². The fourth-order valence-electron chi connectivity index (χ4n) is 1.94. The summed E-state index contributed by atoms with van der Waals surface area (Å²) in [6.45, 7) is 1.10. The van der Waals surface area contributed by atoms with E-state index in [0.717, 1.165) is 32.7 Å². The molecule has 8 heteroatoms. The van der Waals surface area contributed by atoms with Crippen molar-refractivity contribution in [2.24, 2.45) is 0 Å². The molecule has 2 rings (SSSR count). The fraction of sp³-hybridized carbons (Fsp3) is 0.286. The van der Waals surface area contributed by atoms with Crippen molar-refractivity contribution >= 4 is 27.0 Å². The van der Waals surface area contributed by atoms with Crippen LogP contribution in [0.15, 0.2) is 34.5 Å². The molecule has 4 nitrogen and oxygen atoms in total. The van der Waals surface area contributed by atoms with Crippen LogP contribution < -0.4 is 4.31 Å². The molecule has 1 heterocycles. The van der Waals surface area contributed by atoms with Crippen molar-refractivity contribution < 1.29 is 22.3 Å². The minimum absolute atomic E-state index is 0.0570. The molecule has 0 saturated heterocycles. The summed E-state index contributed by atoms with van der Waals surface area (Å²) < 4.78 is 53.0. The molecule has 1 N–H and O–H groups in total. The molecule has 120 valence electrons. The Hall–Kier alpha value is -1.51. The quantitative estimate of drug-likeness (QED) is 0.874. The van der Waals surface area contributed by atoms with Crippen molar-refractivity contribution in [2.75, 3.05) is 17.5 Å². The Morgan fingerprint density at radius 1 is 1.23 bits per heavy atom. The van der Waals surface area contributed by atoms with E-state index in [4.69, 9.17) is 5.11 Å². The highest BCUT2D eigenvalue weighted by Gasteiger charge is 2.28. The molecule has 2 aromatic rings. The predicted molar refractivity (Wildman–Crippen MR) is 81.7 cm³/mol. The highest BCUT2D eigenvalue weighted by Crippen LogP contribution is 2.30. The lowest BCUT2D eigenvalue weighted by Gasteiger charge is -2.23. The Bertz CT molecular complexity index is 759. The number of aliphatic hydroxyl groups is 1. The third kappa shape index (κ3) is 3.29. The van der Waals surface area contributed by atoms with Gasteiger partial charge in [0, 0.05) is 10.9 Å². The van der Waals surface area contributed by atoms with Crippen LogP contribution in [0.2, 0.25) is 0 Å². The molecule has 0 unspecified atom stereocenters. The molecular formula is C14H15F2NO3S2. The largest absolute Gasteiger partial charge is 0.394 e. The van der Waals surface area contributed by atoms with E-state index in [1.165, 1.54) is 6.07 Å². The first-order valence-electron chi connectivity index (χ1n) is 6.57. The van der Waals surface area contributed by atoms with Crippen molar-refractivity contribution in [3.05, 3.63) is 46.8 Å². The molecule has 0 aliphatic rings. The SMILES string of the molecule is CCc1ccc(S(=O)(=O)N(CCO)c2ccc(F)cc2F)s1. The van der Waals surface area contributed by atoms with E-state index in [0.29, 0.717) is 12.5 Å². The highest BCUT2D eigenvalue weighted by atomic mass is 32.2. The second-order valence-electron chi connectivity index (χ2n) is 4.47.